The zero-order chi connectivity index (χ0) is 15.7. The zero-order valence-electron chi connectivity index (χ0n) is 11.6. The summed E-state index contributed by atoms with van der Waals surface area (Å²) in [5, 5.41) is 10.4. The molecule has 0 spiro atoms. The number of alkyl halides is 3. The average Bonchev–Trinajstić information content (AvgIpc) is 2.68. The van der Waals surface area contributed by atoms with Crippen molar-refractivity contribution in [1.82, 2.24) is 10.2 Å². The Morgan fingerprint density at radius 2 is 1.90 bits per heavy atom. The Hall–Kier alpha value is -1.47. The second kappa shape index (κ2) is 5.49. The predicted octanol–water partition coefficient (Wildman–Crippen LogP) is 2.36. The molecule has 1 fully saturated rings. The molecule has 5 nitrogen and oxygen atoms in total. The largest absolute Gasteiger partial charge is 0.479 e. The molecule has 0 saturated carbocycles. The third kappa shape index (κ3) is 2.83. The zero-order valence-corrected chi connectivity index (χ0v) is 11.6. The summed E-state index contributed by atoms with van der Waals surface area (Å²) in [6, 6.07) is -1.34. The molecule has 8 heteroatoms. The molecule has 3 atom stereocenters. The first-order valence-corrected chi connectivity index (χ1v) is 6.45. The van der Waals surface area contributed by atoms with Gasteiger partial charge in [0, 0.05) is 12.1 Å². The summed E-state index contributed by atoms with van der Waals surface area (Å²) in [5.74, 6) is -2.13. The van der Waals surface area contributed by atoms with Crippen LogP contribution in [0, 0.1) is 0 Å². The third-order valence-electron chi connectivity index (χ3n) is 3.84. The fourth-order valence-corrected chi connectivity index (χ4v) is 2.36. The number of carboxylic acid groups (broad SMARTS) is 1. The lowest BCUT2D eigenvalue weighted by Crippen LogP contribution is -2.64. The van der Waals surface area contributed by atoms with Crippen LogP contribution in [-0.4, -0.2) is 45.8 Å². The van der Waals surface area contributed by atoms with E-state index in [2.05, 4.69) is 0 Å². The van der Waals surface area contributed by atoms with Gasteiger partial charge in [0.25, 0.3) is 0 Å². The number of hydrogen-bond acceptors (Lipinski definition) is 2. The fraction of sp³-hybridized carbons (Fsp3) is 0.833. The van der Waals surface area contributed by atoms with Gasteiger partial charge in [-0.15, -0.1) is 0 Å². The number of amides is 2. The number of carbonyl (C=O) groups is 2. The number of carbonyl (C=O) groups excluding carboxylic acids is 1. The van der Waals surface area contributed by atoms with Crippen LogP contribution in [0.3, 0.4) is 0 Å². The molecule has 1 rings (SSSR count). The molecule has 0 aromatic rings. The van der Waals surface area contributed by atoms with Gasteiger partial charge in [-0.2, -0.15) is 13.2 Å². The lowest BCUT2D eigenvalue weighted by atomic mass is 10.0. The van der Waals surface area contributed by atoms with Crippen molar-refractivity contribution in [3.8, 4) is 0 Å². The number of aliphatic carboxylic acids is 1. The van der Waals surface area contributed by atoms with Gasteiger partial charge in [-0.1, -0.05) is 6.92 Å². The Labute approximate surface area is 115 Å². The van der Waals surface area contributed by atoms with Gasteiger partial charge in [0.2, 0.25) is 5.54 Å². The molecule has 0 aromatic carbocycles. The van der Waals surface area contributed by atoms with Crippen LogP contribution in [-0.2, 0) is 4.79 Å². The highest BCUT2D eigenvalue weighted by atomic mass is 19.4. The first-order chi connectivity index (χ1) is 9.04. The molecule has 20 heavy (non-hydrogen) atoms. The highest BCUT2D eigenvalue weighted by Gasteiger charge is 2.59. The van der Waals surface area contributed by atoms with Crippen LogP contribution in [0.5, 0.6) is 0 Å². The van der Waals surface area contributed by atoms with Crippen molar-refractivity contribution in [2.45, 2.75) is 63.8 Å². The van der Waals surface area contributed by atoms with Crippen LogP contribution in [0.15, 0.2) is 0 Å². The molecule has 1 heterocycles. The topological polar surface area (TPSA) is 69.6 Å². The van der Waals surface area contributed by atoms with Gasteiger partial charge >= 0.3 is 18.2 Å². The maximum absolute atomic E-state index is 12.9. The van der Waals surface area contributed by atoms with Gasteiger partial charge in [-0.3, -0.25) is 0 Å². The number of urea groups is 1. The standard InChI is InChI=1S/C12H19F3N2O3/c1-4-8-6-5-7(2)17(8)10(20)16-11(3,9(18)19)12(13,14)15/h7-8H,4-6H2,1-3H3,(H,16,20)(H,18,19). The molecule has 1 aliphatic heterocycles. The Bertz CT molecular complexity index is 400. The summed E-state index contributed by atoms with van der Waals surface area (Å²) in [6.45, 7) is 4.03. The van der Waals surface area contributed by atoms with E-state index in [1.165, 1.54) is 4.90 Å². The van der Waals surface area contributed by atoms with Gasteiger partial charge in [0.15, 0.2) is 0 Å². The summed E-state index contributed by atoms with van der Waals surface area (Å²) in [4.78, 5) is 24.3. The molecule has 1 aliphatic rings. The third-order valence-corrected chi connectivity index (χ3v) is 3.84. The number of nitrogens with zero attached hydrogens (tertiary/aromatic N) is 1. The second-order valence-electron chi connectivity index (χ2n) is 5.25. The fourth-order valence-electron chi connectivity index (χ4n) is 2.36. The van der Waals surface area contributed by atoms with E-state index in [0.29, 0.717) is 26.2 Å². The Morgan fingerprint density at radius 3 is 2.30 bits per heavy atom. The van der Waals surface area contributed by atoms with Crippen molar-refractivity contribution in [2.75, 3.05) is 0 Å². The van der Waals surface area contributed by atoms with Crippen LogP contribution >= 0.6 is 0 Å². The molecule has 0 radical (unpaired) electrons. The van der Waals surface area contributed by atoms with Gasteiger partial charge in [0.1, 0.15) is 0 Å². The summed E-state index contributed by atoms with van der Waals surface area (Å²) >= 11 is 0. The van der Waals surface area contributed by atoms with Crippen molar-refractivity contribution < 1.29 is 27.9 Å². The van der Waals surface area contributed by atoms with Crippen molar-refractivity contribution in [2.24, 2.45) is 0 Å². The van der Waals surface area contributed by atoms with Gasteiger partial charge in [-0.25, -0.2) is 9.59 Å². The number of likely N-dealkylation sites (tertiary alicyclic amines) is 1. The highest BCUT2D eigenvalue weighted by Crippen LogP contribution is 2.32. The Kier molecular flexibility index (Phi) is 4.55. The molecule has 2 N–H and O–H groups in total. The van der Waals surface area contributed by atoms with Crippen LogP contribution in [0.1, 0.15) is 40.0 Å². The summed E-state index contributed by atoms with van der Waals surface area (Å²) in [7, 11) is 0. The van der Waals surface area contributed by atoms with Gasteiger partial charge < -0.3 is 15.3 Å². The summed E-state index contributed by atoms with van der Waals surface area (Å²) in [5.41, 5.74) is -3.29. The summed E-state index contributed by atoms with van der Waals surface area (Å²) in [6.07, 6.45) is -3.05. The molecule has 0 aromatic heterocycles. The highest BCUT2D eigenvalue weighted by molar-refractivity contribution is 5.87. The van der Waals surface area contributed by atoms with Crippen molar-refractivity contribution in [3.05, 3.63) is 0 Å². The van der Waals surface area contributed by atoms with Crippen molar-refractivity contribution in [3.63, 3.8) is 0 Å². The number of nitrogens with one attached hydrogen (secondary N) is 1. The SMILES string of the molecule is CCC1CCC(C)N1C(=O)NC(C)(C(=O)O)C(F)(F)F. The minimum atomic E-state index is -5.07. The lowest BCUT2D eigenvalue weighted by Gasteiger charge is -2.34. The lowest BCUT2D eigenvalue weighted by molar-refractivity contribution is -0.203. The molecule has 0 aliphatic carbocycles. The minimum Gasteiger partial charge on any atom is -0.479 e. The van der Waals surface area contributed by atoms with Gasteiger partial charge in [0.05, 0.1) is 0 Å². The quantitative estimate of drug-likeness (QED) is 0.840. The van der Waals surface area contributed by atoms with E-state index in [-0.39, 0.29) is 12.1 Å². The van der Waals surface area contributed by atoms with E-state index >= 15 is 0 Å². The molecular formula is C12H19F3N2O3. The molecule has 3 unspecified atom stereocenters. The van der Waals surface area contributed by atoms with E-state index in [1.54, 1.807) is 12.2 Å². The van der Waals surface area contributed by atoms with E-state index in [4.69, 9.17) is 5.11 Å². The van der Waals surface area contributed by atoms with Crippen LogP contribution in [0.25, 0.3) is 0 Å². The molecular weight excluding hydrogens is 277 g/mol. The van der Waals surface area contributed by atoms with E-state index in [1.807, 2.05) is 6.92 Å². The summed E-state index contributed by atoms with van der Waals surface area (Å²) < 4.78 is 38.6. The van der Waals surface area contributed by atoms with Crippen LogP contribution in [0.2, 0.25) is 0 Å². The first-order valence-electron chi connectivity index (χ1n) is 6.45. The molecule has 1 saturated heterocycles. The monoisotopic (exact) mass is 296 g/mol. The van der Waals surface area contributed by atoms with E-state index in [0.717, 1.165) is 0 Å². The van der Waals surface area contributed by atoms with Crippen LogP contribution in [0.4, 0.5) is 18.0 Å². The minimum absolute atomic E-state index is 0.156. The Morgan fingerprint density at radius 1 is 1.35 bits per heavy atom. The average molecular weight is 296 g/mol. The maximum atomic E-state index is 12.9. The first kappa shape index (κ1) is 16.6. The normalized spacial score (nSPS) is 26.2. The Balaban J connectivity index is 2.95. The number of hydrogen-bond donors (Lipinski definition) is 2. The second-order valence-corrected chi connectivity index (χ2v) is 5.25. The van der Waals surface area contributed by atoms with E-state index in [9.17, 15) is 22.8 Å². The predicted molar refractivity (Wildman–Crippen MR) is 65.2 cm³/mol. The van der Waals surface area contributed by atoms with Crippen LogP contribution < -0.4 is 5.32 Å². The van der Waals surface area contributed by atoms with Crippen molar-refractivity contribution in [1.29, 1.82) is 0 Å². The maximum Gasteiger partial charge on any atom is 0.422 e. The number of carboxylic acids is 1. The molecule has 116 valence electrons. The molecule has 0 bridgehead atoms. The smallest absolute Gasteiger partial charge is 0.422 e. The van der Waals surface area contributed by atoms with Crippen molar-refractivity contribution >= 4 is 12.0 Å². The van der Waals surface area contributed by atoms with Gasteiger partial charge in [-0.05, 0) is 33.1 Å². The van der Waals surface area contributed by atoms with E-state index < -0.39 is 23.7 Å². The molecule has 2 amide bonds. The number of halogens is 3. The number of rotatable bonds is 3.